The lowest BCUT2D eigenvalue weighted by molar-refractivity contribution is 0.349. The lowest BCUT2D eigenvalue weighted by atomic mass is 10.2. The van der Waals surface area contributed by atoms with Gasteiger partial charge in [0.15, 0.2) is 5.76 Å². The Labute approximate surface area is 82.3 Å². The van der Waals surface area contributed by atoms with Crippen LogP contribution in [-0.2, 0) is 0 Å². The van der Waals surface area contributed by atoms with E-state index in [1.54, 1.807) is 0 Å². The molecule has 1 fully saturated rings. The summed E-state index contributed by atoms with van der Waals surface area (Å²) in [5.41, 5.74) is 0.966. The van der Waals surface area contributed by atoms with Crippen molar-refractivity contribution in [2.75, 3.05) is 6.54 Å². The minimum atomic E-state index is 0. The first-order chi connectivity index (χ1) is 5.36. The van der Waals surface area contributed by atoms with Crippen LogP contribution in [0.25, 0.3) is 0 Å². The highest BCUT2D eigenvalue weighted by atomic mass is 79.9. The van der Waals surface area contributed by atoms with Crippen molar-refractivity contribution in [3.05, 3.63) is 17.5 Å². The van der Waals surface area contributed by atoms with Crippen LogP contribution in [0.3, 0.4) is 0 Å². The van der Waals surface area contributed by atoms with Gasteiger partial charge in [0, 0.05) is 6.07 Å². The lowest BCUT2D eigenvalue weighted by Crippen LogP contribution is -2.11. The van der Waals surface area contributed by atoms with Crippen molar-refractivity contribution in [1.82, 2.24) is 10.5 Å². The molecular weight excluding hydrogens is 220 g/mol. The van der Waals surface area contributed by atoms with Gasteiger partial charge >= 0.3 is 0 Å². The molecule has 1 aromatic rings. The number of nitrogens with one attached hydrogen (secondary N) is 1. The van der Waals surface area contributed by atoms with E-state index in [0.29, 0.717) is 6.04 Å². The zero-order chi connectivity index (χ0) is 7.68. The standard InChI is InChI=1S/C8H12N2O.BrH/c1-6-5-8(11-10-6)7-3-2-4-9-7;/h5,7,9H,2-4H2,1H3;1H/t7-;/m1./s1. The summed E-state index contributed by atoms with van der Waals surface area (Å²) in [4.78, 5) is 0. The molecule has 1 atom stereocenters. The maximum atomic E-state index is 5.14. The maximum absolute atomic E-state index is 5.14. The summed E-state index contributed by atoms with van der Waals surface area (Å²) in [6, 6.07) is 2.42. The van der Waals surface area contributed by atoms with Crippen molar-refractivity contribution in [1.29, 1.82) is 0 Å². The molecule has 1 aliphatic heterocycles. The Kier molecular flexibility index (Phi) is 3.29. The van der Waals surface area contributed by atoms with Crippen LogP contribution >= 0.6 is 17.0 Å². The molecule has 1 aromatic heterocycles. The van der Waals surface area contributed by atoms with Crippen molar-refractivity contribution < 1.29 is 4.52 Å². The molecule has 1 N–H and O–H groups in total. The first kappa shape index (κ1) is 9.74. The number of hydrogen-bond donors (Lipinski definition) is 1. The summed E-state index contributed by atoms with van der Waals surface area (Å²) in [6.07, 6.45) is 2.42. The summed E-state index contributed by atoms with van der Waals surface area (Å²) in [5.74, 6) is 0.986. The molecule has 3 nitrogen and oxygen atoms in total. The summed E-state index contributed by atoms with van der Waals surface area (Å²) in [6.45, 7) is 3.05. The second-order valence-electron chi connectivity index (χ2n) is 3.02. The smallest absolute Gasteiger partial charge is 0.153 e. The molecule has 0 bridgehead atoms. The molecule has 0 radical (unpaired) electrons. The van der Waals surface area contributed by atoms with Gasteiger partial charge in [-0.3, -0.25) is 0 Å². The average molecular weight is 233 g/mol. The molecule has 68 valence electrons. The number of rotatable bonds is 1. The molecule has 0 aliphatic carbocycles. The second-order valence-corrected chi connectivity index (χ2v) is 3.02. The quantitative estimate of drug-likeness (QED) is 0.805. The molecule has 12 heavy (non-hydrogen) atoms. The van der Waals surface area contributed by atoms with Crippen molar-refractivity contribution in [3.63, 3.8) is 0 Å². The van der Waals surface area contributed by atoms with Crippen LogP contribution in [-0.4, -0.2) is 11.7 Å². The minimum absolute atomic E-state index is 0. The average Bonchev–Trinajstić information content (AvgIpc) is 2.55. The summed E-state index contributed by atoms with van der Waals surface area (Å²) in [7, 11) is 0. The molecule has 0 amide bonds. The summed E-state index contributed by atoms with van der Waals surface area (Å²) < 4.78 is 5.14. The van der Waals surface area contributed by atoms with Crippen LogP contribution in [0.1, 0.15) is 30.3 Å². The third-order valence-electron chi connectivity index (χ3n) is 2.05. The third-order valence-corrected chi connectivity index (χ3v) is 2.05. The first-order valence-electron chi connectivity index (χ1n) is 4.03. The van der Waals surface area contributed by atoms with E-state index < -0.39 is 0 Å². The molecule has 4 heteroatoms. The van der Waals surface area contributed by atoms with Gasteiger partial charge in [0.1, 0.15) is 0 Å². The van der Waals surface area contributed by atoms with Gasteiger partial charge in [-0.1, -0.05) is 5.16 Å². The monoisotopic (exact) mass is 232 g/mol. The van der Waals surface area contributed by atoms with Crippen molar-refractivity contribution >= 4 is 17.0 Å². The summed E-state index contributed by atoms with van der Waals surface area (Å²) >= 11 is 0. The van der Waals surface area contributed by atoms with Crippen LogP contribution in [0.2, 0.25) is 0 Å². The predicted octanol–water partition coefficient (Wildman–Crippen LogP) is 1.99. The zero-order valence-electron chi connectivity index (χ0n) is 7.04. The van der Waals surface area contributed by atoms with E-state index in [1.165, 1.54) is 12.8 Å². The van der Waals surface area contributed by atoms with E-state index in [9.17, 15) is 0 Å². The van der Waals surface area contributed by atoms with Crippen LogP contribution in [0.15, 0.2) is 10.6 Å². The van der Waals surface area contributed by atoms with Gasteiger partial charge in [-0.05, 0) is 26.3 Å². The molecular formula is C8H13BrN2O. The fourth-order valence-electron chi connectivity index (χ4n) is 1.47. The molecule has 1 saturated heterocycles. The Morgan fingerprint density at radius 2 is 2.50 bits per heavy atom. The van der Waals surface area contributed by atoms with E-state index in [4.69, 9.17) is 4.52 Å². The highest BCUT2D eigenvalue weighted by Gasteiger charge is 2.19. The van der Waals surface area contributed by atoms with Crippen molar-refractivity contribution in [2.45, 2.75) is 25.8 Å². The Morgan fingerprint density at radius 3 is 3.00 bits per heavy atom. The number of aromatic nitrogens is 1. The molecule has 2 heterocycles. The normalized spacial score (nSPS) is 22.2. The fourth-order valence-corrected chi connectivity index (χ4v) is 1.47. The Bertz CT molecular complexity index is 243. The van der Waals surface area contributed by atoms with Gasteiger partial charge in [0.05, 0.1) is 11.7 Å². The van der Waals surface area contributed by atoms with Crippen molar-refractivity contribution in [3.8, 4) is 0 Å². The van der Waals surface area contributed by atoms with Crippen LogP contribution in [0.4, 0.5) is 0 Å². The molecule has 2 rings (SSSR count). The zero-order valence-corrected chi connectivity index (χ0v) is 8.75. The largest absolute Gasteiger partial charge is 0.359 e. The molecule has 1 aliphatic rings. The number of nitrogens with zero attached hydrogens (tertiary/aromatic N) is 1. The van der Waals surface area contributed by atoms with Gasteiger partial charge < -0.3 is 9.84 Å². The van der Waals surface area contributed by atoms with Gasteiger partial charge in [-0.25, -0.2) is 0 Å². The van der Waals surface area contributed by atoms with Crippen LogP contribution in [0.5, 0.6) is 0 Å². The number of hydrogen-bond acceptors (Lipinski definition) is 3. The maximum Gasteiger partial charge on any atom is 0.153 e. The third kappa shape index (κ3) is 1.87. The molecule has 0 saturated carbocycles. The van der Waals surface area contributed by atoms with E-state index >= 15 is 0 Å². The highest BCUT2D eigenvalue weighted by molar-refractivity contribution is 8.93. The van der Waals surface area contributed by atoms with Gasteiger partial charge in [-0.2, -0.15) is 0 Å². The van der Waals surface area contributed by atoms with Gasteiger partial charge in [0.2, 0.25) is 0 Å². The predicted molar refractivity (Wildman–Crippen MR) is 51.5 cm³/mol. The molecule has 0 unspecified atom stereocenters. The topological polar surface area (TPSA) is 38.1 Å². The Morgan fingerprint density at radius 1 is 1.67 bits per heavy atom. The summed E-state index contributed by atoms with van der Waals surface area (Å²) in [5, 5.41) is 7.20. The SMILES string of the molecule is Br.Cc1cc([C@H]2CCCN2)on1. The van der Waals surface area contributed by atoms with E-state index in [0.717, 1.165) is 18.0 Å². The number of halogens is 1. The van der Waals surface area contributed by atoms with E-state index in [1.807, 2.05) is 13.0 Å². The first-order valence-corrected chi connectivity index (χ1v) is 4.03. The molecule has 0 spiro atoms. The fraction of sp³-hybridized carbons (Fsp3) is 0.625. The molecule has 0 aromatic carbocycles. The van der Waals surface area contributed by atoms with E-state index in [2.05, 4.69) is 10.5 Å². The van der Waals surface area contributed by atoms with Crippen LogP contribution < -0.4 is 5.32 Å². The second kappa shape index (κ2) is 4.05. The Hall–Kier alpha value is -0.350. The Balaban J connectivity index is 0.000000720. The van der Waals surface area contributed by atoms with Crippen molar-refractivity contribution in [2.24, 2.45) is 0 Å². The van der Waals surface area contributed by atoms with Crippen LogP contribution in [0, 0.1) is 6.92 Å². The minimum Gasteiger partial charge on any atom is -0.359 e. The van der Waals surface area contributed by atoms with Gasteiger partial charge in [-0.15, -0.1) is 17.0 Å². The van der Waals surface area contributed by atoms with Gasteiger partial charge in [0.25, 0.3) is 0 Å². The number of aryl methyl sites for hydroxylation is 1. The van der Waals surface area contributed by atoms with E-state index in [-0.39, 0.29) is 17.0 Å². The highest BCUT2D eigenvalue weighted by Crippen LogP contribution is 2.22. The lowest BCUT2D eigenvalue weighted by Gasteiger charge is -2.02.